The summed E-state index contributed by atoms with van der Waals surface area (Å²) in [6.45, 7) is 5.49. The van der Waals surface area contributed by atoms with Gasteiger partial charge in [-0.2, -0.15) is 4.31 Å². The Balaban J connectivity index is 1.76. The molecule has 3 aliphatic heterocycles. The Morgan fingerprint density at radius 3 is 2.52 bits per heavy atom. The Morgan fingerprint density at radius 2 is 1.92 bits per heavy atom. The molecule has 0 N–H and O–H groups in total. The van der Waals surface area contributed by atoms with Gasteiger partial charge in [0, 0.05) is 32.1 Å². The molecule has 3 rings (SSSR count). The zero-order valence-electron chi connectivity index (χ0n) is 14.9. The number of likely N-dealkylation sites (tertiary alicyclic amines) is 1. The van der Waals surface area contributed by atoms with Crippen molar-refractivity contribution in [2.45, 2.75) is 50.8 Å². The number of amides is 1. The highest BCUT2D eigenvalue weighted by Crippen LogP contribution is 2.35. The molecule has 0 radical (unpaired) electrons. The van der Waals surface area contributed by atoms with Crippen LogP contribution in [0.4, 0.5) is 0 Å². The molecule has 144 valence electrons. The molecule has 3 atom stereocenters. The molecule has 0 bridgehead atoms. The first-order chi connectivity index (χ1) is 11.6. The number of sulfone groups is 1. The van der Waals surface area contributed by atoms with E-state index in [1.807, 2.05) is 13.8 Å². The van der Waals surface area contributed by atoms with Crippen molar-refractivity contribution in [3.8, 4) is 0 Å². The van der Waals surface area contributed by atoms with Gasteiger partial charge in [0.1, 0.15) is 0 Å². The predicted molar refractivity (Wildman–Crippen MR) is 95.2 cm³/mol. The molecule has 1 amide bonds. The highest BCUT2D eigenvalue weighted by atomic mass is 32.2. The normalized spacial score (nSPS) is 32.9. The third-order valence-corrected chi connectivity index (χ3v) is 9.94. The summed E-state index contributed by atoms with van der Waals surface area (Å²) in [7, 11) is -6.89. The number of nitrogens with zero attached hydrogens (tertiary/aromatic N) is 2. The third kappa shape index (κ3) is 3.88. The van der Waals surface area contributed by atoms with Crippen LogP contribution >= 0.6 is 0 Å². The molecule has 3 fully saturated rings. The van der Waals surface area contributed by atoms with Crippen LogP contribution < -0.4 is 0 Å². The fourth-order valence-electron chi connectivity index (χ4n) is 4.32. The van der Waals surface area contributed by atoms with Crippen molar-refractivity contribution in [3.63, 3.8) is 0 Å². The van der Waals surface area contributed by atoms with Crippen molar-refractivity contribution < 1.29 is 21.6 Å². The number of hydrogen-bond acceptors (Lipinski definition) is 5. The maximum Gasteiger partial charge on any atom is 0.222 e. The lowest BCUT2D eigenvalue weighted by molar-refractivity contribution is -0.131. The molecule has 0 spiro atoms. The van der Waals surface area contributed by atoms with Gasteiger partial charge in [-0.15, -0.1) is 0 Å². The third-order valence-electron chi connectivity index (χ3n) is 5.60. The number of carbonyl (C=O) groups excluding carboxylic acids is 1. The molecule has 0 aliphatic carbocycles. The SMILES string of the molecule is CC(C)CC(=O)N1C[C@H]2CCCN(S(=O)(=O)C3CCS(=O)(=O)C3)[C@H]2C1. The summed E-state index contributed by atoms with van der Waals surface area (Å²) in [5, 5.41) is -0.823. The molecule has 3 saturated heterocycles. The van der Waals surface area contributed by atoms with E-state index in [1.54, 1.807) is 4.90 Å². The van der Waals surface area contributed by atoms with Gasteiger partial charge in [-0.3, -0.25) is 4.79 Å². The van der Waals surface area contributed by atoms with Crippen LogP contribution in [0, 0.1) is 11.8 Å². The van der Waals surface area contributed by atoms with E-state index in [9.17, 15) is 21.6 Å². The molecule has 7 nitrogen and oxygen atoms in total. The van der Waals surface area contributed by atoms with Crippen LogP contribution in [0.3, 0.4) is 0 Å². The van der Waals surface area contributed by atoms with Gasteiger partial charge in [0.05, 0.1) is 16.8 Å². The molecule has 0 aromatic carbocycles. The van der Waals surface area contributed by atoms with Gasteiger partial charge >= 0.3 is 0 Å². The Bertz CT molecular complexity index is 732. The zero-order chi connectivity index (χ0) is 18.4. The second-order valence-corrected chi connectivity index (χ2v) is 12.4. The van der Waals surface area contributed by atoms with Crippen LogP contribution in [0.1, 0.15) is 39.5 Å². The molecular weight excluding hydrogens is 364 g/mol. The van der Waals surface area contributed by atoms with E-state index in [-0.39, 0.29) is 41.7 Å². The van der Waals surface area contributed by atoms with Gasteiger partial charge < -0.3 is 4.90 Å². The molecular formula is C16H28N2O5S2. The van der Waals surface area contributed by atoms with E-state index in [2.05, 4.69) is 0 Å². The second kappa shape index (κ2) is 6.81. The van der Waals surface area contributed by atoms with Gasteiger partial charge in [0.2, 0.25) is 15.9 Å². The molecule has 0 saturated carbocycles. The van der Waals surface area contributed by atoms with Crippen LogP contribution in [-0.2, 0) is 24.7 Å². The Morgan fingerprint density at radius 1 is 1.20 bits per heavy atom. The van der Waals surface area contributed by atoms with E-state index in [0.717, 1.165) is 12.8 Å². The van der Waals surface area contributed by atoms with E-state index in [4.69, 9.17) is 0 Å². The smallest absolute Gasteiger partial charge is 0.222 e. The average Bonchev–Trinajstić information content (AvgIpc) is 3.09. The lowest BCUT2D eigenvalue weighted by Gasteiger charge is -2.37. The minimum atomic E-state index is -3.64. The van der Waals surface area contributed by atoms with Crippen molar-refractivity contribution in [3.05, 3.63) is 0 Å². The molecule has 3 heterocycles. The topological polar surface area (TPSA) is 91.8 Å². The van der Waals surface area contributed by atoms with Crippen molar-refractivity contribution in [1.29, 1.82) is 0 Å². The van der Waals surface area contributed by atoms with Crippen LogP contribution in [0.2, 0.25) is 0 Å². The monoisotopic (exact) mass is 392 g/mol. The number of sulfonamides is 1. The second-order valence-electron chi connectivity index (χ2n) is 8.05. The minimum Gasteiger partial charge on any atom is -0.341 e. The van der Waals surface area contributed by atoms with E-state index >= 15 is 0 Å². The van der Waals surface area contributed by atoms with E-state index in [1.165, 1.54) is 4.31 Å². The maximum atomic E-state index is 13.0. The lowest BCUT2D eigenvalue weighted by atomic mass is 9.94. The molecule has 0 aromatic heterocycles. The fraction of sp³-hybridized carbons (Fsp3) is 0.938. The van der Waals surface area contributed by atoms with E-state index in [0.29, 0.717) is 26.1 Å². The van der Waals surface area contributed by atoms with Crippen LogP contribution in [0.25, 0.3) is 0 Å². The summed E-state index contributed by atoms with van der Waals surface area (Å²) in [5.74, 6) is 0.221. The van der Waals surface area contributed by atoms with Crippen molar-refractivity contribution >= 4 is 25.8 Å². The quantitative estimate of drug-likeness (QED) is 0.694. The lowest BCUT2D eigenvalue weighted by Crippen LogP contribution is -2.51. The van der Waals surface area contributed by atoms with Gasteiger partial charge in [-0.1, -0.05) is 13.8 Å². The average molecular weight is 393 g/mol. The number of rotatable bonds is 4. The number of piperidine rings is 1. The maximum absolute atomic E-state index is 13.0. The van der Waals surface area contributed by atoms with Crippen molar-refractivity contribution in [1.82, 2.24) is 9.21 Å². The number of hydrogen-bond donors (Lipinski definition) is 0. The molecule has 9 heteroatoms. The first-order valence-corrected chi connectivity index (χ1v) is 12.4. The van der Waals surface area contributed by atoms with Gasteiger partial charge in [-0.25, -0.2) is 16.8 Å². The Hall–Kier alpha value is -0.670. The molecule has 25 heavy (non-hydrogen) atoms. The first kappa shape index (κ1) is 19.1. The summed E-state index contributed by atoms with van der Waals surface area (Å²) >= 11 is 0. The number of carbonyl (C=O) groups is 1. The van der Waals surface area contributed by atoms with E-state index < -0.39 is 25.1 Å². The predicted octanol–water partition coefficient (Wildman–Crippen LogP) is 0.472. The van der Waals surface area contributed by atoms with Crippen LogP contribution in [0.5, 0.6) is 0 Å². The highest BCUT2D eigenvalue weighted by molar-refractivity contribution is 7.95. The largest absolute Gasteiger partial charge is 0.341 e. The summed E-state index contributed by atoms with van der Waals surface area (Å²) in [6.07, 6.45) is 2.36. The molecule has 1 unspecified atom stereocenters. The van der Waals surface area contributed by atoms with Gasteiger partial charge in [-0.05, 0) is 31.1 Å². The summed E-state index contributed by atoms with van der Waals surface area (Å²) in [4.78, 5) is 14.2. The van der Waals surface area contributed by atoms with Crippen LogP contribution in [-0.4, -0.2) is 74.4 Å². The Labute approximate surface area is 150 Å². The van der Waals surface area contributed by atoms with Gasteiger partial charge in [0.25, 0.3) is 0 Å². The van der Waals surface area contributed by atoms with Crippen molar-refractivity contribution in [2.75, 3.05) is 31.1 Å². The summed E-state index contributed by atoms with van der Waals surface area (Å²) in [6, 6.07) is -0.196. The van der Waals surface area contributed by atoms with Crippen molar-refractivity contribution in [2.24, 2.45) is 11.8 Å². The Kier molecular flexibility index (Phi) is 5.20. The minimum absolute atomic E-state index is 0.0438. The van der Waals surface area contributed by atoms with Crippen LogP contribution in [0.15, 0.2) is 0 Å². The fourth-order valence-corrected chi connectivity index (χ4v) is 9.13. The first-order valence-electron chi connectivity index (χ1n) is 9.09. The number of fused-ring (bicyclic) bond motifs is 1. The highest BCUT2D eigenvalue weighted by Gasteiger charge is 2.48. The van der Waals surface area contributed by atoms with Gasteiger partial charge in [0.15, 0.2) is 9.84 Å². The zero-order valence-corrected chi connectivity index (χ0v) is 16.6. The molecule has 0 aromatic rings. The molecule has 3 aliphatic rings. The summed E-state index contributed by atoms with van der Waals surface area (Å²) in [5.41, 5.74) is 0. The summed E-state index contributed by atoms with van der Waals surface area (Å²) < 4.78 is 51.0. The standard InChI is InChI=1S/C16H28N2O5S2/c1-12(2)8-16(19)17-9-13-4-3-6-18(15(13)10-17)25(22,23)14-5-7-24(20,21)11-14/h12-15H,3-11H2,1-2H3/t13-,14?,15+/m1/s1.